The van der Waals surface area contributed by atoms with Gasteiger partial charge in [-0.2, -0.15) is 0 Å². The number of aromatic nitrogens is 2. The fourth-order valence-corrected chi connectivity index (χ4v) is 5.15. The Kier molecular flexibility index (Phi) is 7.99. The highest BCUT2D eigenvalue weighted by Crippen LogP contribution is 2.32. The highest BCUT2D eigenvalue weighted by Gasteiger charge is 2.24. The lowest BCUT2D eigenvalue weighted by molar-refractivity contribution is 0.109. The van der Waals surface area contributed by atoms with Crippen molar-refractivity contribution in [2.75, 3.05) is 12.4 Å². The predicted octanol–water partition coefficient (Wildman–Crippen LogP) is 6.76. The van der Waals surface area contributed by atoms with Crippen molar-refractivity contribution < 1.29 is 13.6 Å². The molecular formula is C28H34N2O3SSi. The second-order valence-corrected chi connectivity index (χ2v) is 14.2. The molecule has 1 heterocycles. The van der Waals surface area contributed by atoms with Crippen molar-refractivity contribution in [2.45, 2.75) is 51.0 Å². The van der Waals surface area contributed by atoms with Crippen molar-refractivity contribution in [3.05, 3.63) is 78.2 Å². The third-order valence-electron chi connectivity index (χ3n) is 5.58. The summed E-state index contributed by atoms with van der Waals surface area (Å²) in [4.78, 5) is 0. The summed E-state index contributed by atoms with van der Waals surface area (Å²) in [6.45, 7) is 11.7. The molecule has 0 atom stereocenters. The first-order valence-corrected chi connectivity index (χ1v) is 14.4. The predicted molar refractivity (Wildman–Crippen MR) is 148 cm³/mol. The van der Waals surface area contributed by atoms with E-state index in [1.165, 1.54) is 10.9 Å². The molecule has 0 amide bonds. The molecule has 0 bridgehead atoms. The zero-order valence-corrected chi connectivity index (χ0v) is 23.4. The van der Waals surface area contributed by atoms with Gasteiger partial charge in [0.2, 0.25) is 11.8 Å². The van der Waals surface area contributed by atoms with Crippen LogP contribution in [0.2, 0.25) is 5.04 Å². The van der Waals surface area contributed by atoms with Crippen LogP contribution in [-0.2, 0) is 15.8 Å². The van der Waals surface area contributed by atoms with Crippen LogP contribution < -0.4 is 4.74 Å². The molecule has 0 aliphatic rings. The van der Waals surface area contributed by atoms with Gasteiger partial charge in [0.1, 0.15) is 5.75 Å². The first-order chi connectivity index (χ1) is 16.7. The molecule has 0 spiro atoms. The lowest BCUT2D eigenvalue weighted by atomic mass is 9.95. The van der Waals surface area contributed by atoms with Gasteiger partial charge >= 0.3 is 0 Å². The van der Waals surface area contributed by atoms with Gasteiger partial charge in [0, 0.05) is 11.3 Å². The summed E-state index contributed by atoms with van der Waals surface area (Å²) < 4.78 is 18.0. The molecule has 35 heavy (non-hydrogen) atoms. The van der Waals surface area contributed by atoms with E-state index in [0.717, 1.165) is 22.5 Å². The molecular weight excluding hydrogens is 472 g/mol. The number of hydrogen-bond acceptors (Lipinski definition) is 6. The molecule has 1 aromatic heterocycles. The molecule has 4 aromatic rings. The molecule has 3 aromatic carbocycles. The molecule has 5 nitrogen and oxygen atoms in total. The Morgan fingerprint density at radius 2 is 1.63 bits per heavy atom. The first kappa shape index (κ1) is 25.5. The first-order valence-electron chi connectivity index (χ1n) is 12.0. The molecule has 0 saturated carbocycles. The zero-order valence-electron chi connectivity index (χ0n) is 21.2. The van der Waals surface area contributed by atoms with Gasteiger partial charge in [-0.25, -0.2) is 0 Å². The lowest BCUT2D eigenvalue weighted by Crippen LogP contribution is -2.27. The molecule has 0 N–H and O–H groups in total. The van der Waals surface area contributed by atoms with Crippen molar-refractivity contribution in [1.82, 2.24) is 10.2 Å². The fourth-order valence-electron chi connectivity index (χ4n) is 3.56. The van der Waals surface area contributed by atoms with E-state index in [1.807, 2.05) is 36.4 Å². The lowest BCUT2D eigenvalue weighted by Gasteiger charge is -2.30. The van der Waals surface area contributed by atoms with E-state index in [9.17, 15) is 0 Å². The average Bonchev–Trinajstić information content (AvgIpc) is 3.31. The van der Waals surface area contributed by atoms with E-state index < -0.39 is 9.76 Å². The molecule has 0 unspecified atom stereocenters. The minimum Gasteiger partial charge on any atom is -0.493 e. The van der Waals surface area contributed by atoms with Gasteiger partial charge in [-0.1, -0.05) is 57.2 Å². The Morgan fingerprint density at radius 1 is 0.886 bits per heavy atom. The van der Waals surface area contributed by atoms with Gasteiger partial charge in [0.05, 0.1) is 18.0 Å². The Bertz CT molecular complexity index is 1250. The highest BCUT2D eigenvalue weighted by molar-refractivity contribution is 7.98. The maximum atomic E-state index is 6.39. The van der Waals surface area contributed by atoms with Crippen LogP contribution in [0.5, 0.6) is 5.75 Å². The summed E-state index contributed by atoms with van der Waals surface area (Å²) >= 11 is 1.72. The molecule has 184 valence electrons. The quantitative estimate of drug-likeness (QED) is 0.175. The van der Waals surface area contributed by atoms with Crippen LogP contribution in [0.25, 0.3) is 22.2 Å². The number of rotatable bonds is 10. The van der Waals surface area contributed by atoms with Crippen LogP contribution in [0, 0.1) is 0 Å². The van der Waals surface area contributed by atoms with Gasteiger partial charge in [0.25, 0.3) is 0 Å². The Morgan fingerprint density at radius 3 is 2.40 bits per heavy atom. The van der Waals surface area contributed by atoms with Crippen molar-refractivity contribution in [1.29, 1.82) is 0 Å². The van der Waals surface area contributed by atoms with E-state index in [0.29, 0.717) is 24.1 Å². The molecule has 4 rings (SSSR count). The monoisotopic (exact) mass is 506 g/mol. The van der Waals surface area contributed by atoms with Crippen molar-refractivity contribution >= 4 is 32.3 Å². The molecule has 0 fully saturated rings. The van der Waals surface area contributed by atoms with Crippen LogP contribution >= 0.6 is 11.8 Å². The molecule has 0 aliphatic carbocycles. The summed E-state index contributed by atoms with van der Waals surface area (Å²) in [5.74, 6) is 3.58. The van der Waals surface area contributed by atoms with Gasteiger partial charge in [-0.15, -0.1) is 22.0 Å². The van der Waals surface area contributed by atoms with Crippen molar-refractivity contribution in [3.63, 3.8) is 0 Å². The zero-order chi connectivity index (χ0) is 24.9. The molecule has 0 saturated heterocycles. The number of para-hydroxylation sites is 1. The minimum absolute atomic E-state index is 0.264. The smallest absolute Gasteiger partial charge is 0.247 e. The maximum Gasteiger partial charge on any atom is 0.247 e. The number of fused-ring (bicyclic) bond motifs is 1. The normalized spacial score (nSPS) is 12.6. The molecule has 0 radical (unpaired) electrons. The van der Waals surface area contributed by atoms with Gasteiger partial charge in [-0.05, 0) is 65.6 Å². The average molecular weight is 507 g/mol. The molecule has 7 heteroatoms. The number of thioether (sulfide) groups is 1. The van der Waals surface area contributed by atoms with Crippen LogP contribution in [0.1, 0.15) is 46.1 Å². The second-order valence-electron chi connectivity index (χ2n) is 10.4. The summed E-state index contributed by atoms with van der Waals surface area (Å²) in [6, 6.07) is 22.6. The highest BCUT2D eigenvalue weighted by atomic mass is 32.2. The van der Waals surface area contributed by atoms with E-state index in [1.54, 1.807) is 11.8 Å². The topological polar surface area (TPSA) is 57.4 Å². The largest absolute Gasteiger partial charge is 0.493 e. The standard InChI is InChI=1S/C28H34N2O3SSi/c1-27(2,3)35-33-28(4,5)23-14-13-20-17-22(12-11-21(20)18-23)26-30-29-25(32-26)19-34-16-15-31-24-9-7-6-8-10-24/h6-14,17-18H,15-16,19,35H2,1-5H3. The summed E-state index contributed by atoms with van der Waals surface area (Å²) in [5.41, 5.74) is 1.83. The second kappa shape index (κ2) is 11.0. The Balaban J connectivity index is 1.35. The van der Waals surface area contributed by atoms with Crippen molar-refractivity contribution in [2.24, 2.45) is 0 Å². The SMILES string of the molecule is CC(C)(C)[SiH2]OC(C)(C)c1ccc2cc(-c3nnc(CSCCOc4ccccc4)o3)ccc2c1. The van der Waals surface area contributed by atoms with E-state index in [2.05, 4.69) is 75.1 Å². The van der Waals surface area contributed by atoms with E-state index >= 15 is 0 Å². The summed E-state index contributed by atoms with van der Waals surface area (Å²) in [5, 5.41) is 11.1. The number of hydrogen-bond donors (Lipinski definition) is 0. The molecule has 0 aliphatic heterocycles. The van der Waals surface area contributed by atoms with Crippen molar-refractivity contribution in [3.8, 4) is 17.2 Å². The summed E-state index contributed by atoms with van der Waals surface area (Å²) in [6.07, 6.45) is 0. The van der Waals surface area contributed by atoms with Gasteiger partial charge in [0.15, 0.2) is 9.76 Å². The van der Waals surface area contributed by atoms with Gasteiger partial charge < -0.3 is 13.6 Å². The van der Waals surface area contributed by atoms with E-state index in [-0.39, 0.29) is 10.6 Å². The number of benzene rings is 3. The van der Waals surface area contributed by atoms with Gasteiger partial charge in [-0.3, -0.25) is 0 Å². The fraction of sp³-hybridized carbons (Fsp3) is 0.357. The Labute approximate surface area is 214 Å². The maximum absolute atomic E-state index is 6.39. The third kappa shape index (κ3) is 7.19. The van der Waals surface area contributed by atoms with E-state index in [4.69, 9.17) is 13.6 Å². The number of nitrogens with zero attached hydrogens (tertiary/aromatic N) is 2. The van der Waals surface area contributed by atoms with Crippen LogP contribution in [0.4, 0.5) is 0 Å². The number of ether oxygens (including phenoxy) is 1. The van der Waals surface area contributed by atoms with Crippen LogP contribution in [0.15, 0.2) is 71.1 Å². The summed E-state index contributed by atoms with van der Waals surface area (Å²) in [7, 11) is -0.647. The van der Waals surface area contributed by atoms with Crippen LogP contribution in [0.3, 0.4) is 0 Å². The van der Waals surface area contributed by atoms with Crippen LogP contribution in [-0.4, -0.2) is 32.3 Å². The minimum atomic E-state index is -0.647. The Hall–Kier alpha value is -2.61. The third-order valence-corrected chi connectivity index (χ3v) is 8.22.